The van der Waals surface area contributed by atoms with Gasteiger partial charge in [-0.2, -0.15) is 0 Å². The maximum Gasteiger partial charge on any atom is 0.251 e. The fraction of sp³-hybridized carbons (Fsp3) is 0.125. The van der Waals surface area contributed by atoms with Gasteiger partial charge >= 0.3 is 0 Å². The summed E-state index contributed by atoms with van der Waals surface area (Å²) in [6.45, 7) is -0.649. The SMILES string of the molecule is O=C(NC(CN(CC(NC(=O)c1ccccc1)C(=O)c1ccccc1)CC(NC(=O)c1ccccc1)C(=O)c1ccccc1)C(=O)c1ccccc1)c1ccccc1. The number of ketones is 3. The Kier molecular flexibility index (Phi) is 13.9. The highest BCUT2D eigenvalue weighted by Gasteiger charge is 2.33. The highest BCUT2D eigenvalue weighted by molar-refractivity contribution is 6.06. The number of benzene rings is 6. The number of nitrogens with zero attached hydrogens (tertiary/aromatic N) is 1. The second-order valence-electron chi connectivity index (χ2n) is 13.6. The molecule has 3 unspecified atom stereocenters. The largest absolute Gasteiger partial charge is 0.341 e. The Morgan fingerprint density at radius 3 is 0.707 bits per heavy atom. The van der Waals surface area contributed by atoms with Crippen LogP contribution in [-0.2, 0) is 0 Å². The van der Waals surface area contributed by atoms with Crippen LogP contribution in [0.4, 0.5) is 0 Å². The predicted octanol–water partition coefficient (Wildman–Crippen LogP) is 6.33. The maximum absolute atomic E-state index is 14.3. The van der Waals surface area contributed by atoms with Gasteiger partial charge in [-0.3, -0.25) is 33.7 Å². The third-order valence-corrected chi connectivity index (χ3v) is 9.47. The standard InChI is InChI=1S/C48H42N4O6/c53-43(34-19-7-1-8-20-34)40(49-46(56)37-25-13-4-14-26-37)31-52(32-41(44(54)35-21-9-2-10-22-35)50-47(57)38-27-15-5-16-28-38)33-42(45(55)36-23-11-3-12-24-36)51-48(58)39-29-17-6-18-30-39/h1-30,40-42H,31-33H2,(H,49,56)(H,50,57)(H,51,58). The van der Waals surface area contributed by atoms with E-state index in [1.165, 1.54) is 0 Å². The smallest absolute Gasteiger partial charge is 0.251 e. The normalized spacial score (nSPS) is 12.4. The number of carbonyl (C=O) groups excluding carboxylic acids is 6. The lowest BCUT2D eigenvalue weighted by Crippen LogP contribution is -2.57. The lowest BCUT2D eigenvalue weighted by atomic mass is 9.99. The summed E-state index contributed by atoms with van der Waals surface area (Å²) < 4.78 is 0. The van der Waals surface area contributed by atoms with E-state index >= 15 is 0 Å². The van der Waals surface area contributed by atoms with Crippen LogP contribution < -0.4 is 16.0 Å². The number of amides is 3. The second-order valence-corrected chi connectivity index (χ2v) is 13.6. The number of Topliss-reactive ketones (excluding diaryl/α,β-unsaturated/α-hetero) is 3. The van der Waals surface area contributed by atoms with Crippen molar-refractivity contribution < 1.29 is 28.8 Å². The average Bonchev–Trinajstić information content (AvgIpc) is 3.29. The molecule has 0 aliphatic carbocycles. The van der Waals surface area contributed by atoms with Gasteiger partial charge in [0.25, 0.3) is 17.7 Å². The average molecular weight is 771 g/mol. The van der Waals surface area contributed by atoms with E-state index in [1.54, 1.807) is 187 Å². The molecule has 0 fully saturated rings. The minimum Gasteiger partial charge on any atom is -0.341 e. The lowest BCUT2D eigenvalue weighted by molar-refractivity contribution is 0.0744. The third kappa shape index (κ3) is 10.9. The van der Waals surface area contributed by atoms with Crippen LogP contribution in [0.1, 0.15) is 62.1 Å². The Morgan fingerprint density at radius 1 is 0.310 bits per heavy atom. The van der Waals surface area contributed by atoms with Crippen molar-refractivity contribution in [1.82, 2.24) is 20.9 Å². The van der Waals surface area contributed by atoms with E-state index < -0.39 is 53.2 Å². The number of hydrogen-bond donors (Lipinski definition) is 3. The van der Waals surface area contributed by atoms with Crippen LogP contribution in [-0.4, -0.2) is 77.7 Å². The van der Waals surface area contributed by atoms with Crippen molar-refractivity contribution in [2.24, 2.45) is 0 Å². The van der Waals surface area contributed by atoms with Crippen LogP contribution in [0, 0.1) is 0 Å². The third-order valence-electron chi connectivity index (χ3n) is 9.47. The fourth-order valence-electron chi connectivity index (χ4n) is 6.48. The molecule has 58 heavy (non-hydrogen) atoms. The molecule has 0 saturated heterocycles. The van der Waals surface area contributed by atoms with Crippen LogP contribution in [0.3, 0.4) is 0 Å². The fourth-order valence-corrected chi connectivity index (χ4v) is 6.48. The molecule has 0 spiro atoms. The Bertz CT molecular complexity index is 2050. The highest BCUT2D eigenvalue weighted by atomic mass is 16.2. The molecule has 0 bridgehead atoms. The van der Waals surface area contributed by atoms with Gasteiger partial charge in [0.2, 0.25) is 0 Å². The first-order valence-electron chi connectivity index (χ1n) is 18.8. The van der Waals surface area contributed by atoms with Gasteiger partial charge in [0.15, 0.2) is 17.3 Å². The molecule has 3 atom stereocenters. The minimum absolute atomic E-state index is 0.216. The summed E-state index contributed by atoms with van der Waals surface area (Å²) >= 11 is 0. The van der Waals surface area contributed by atoms with Gasteiger partial charge in [0.1, 0.15) is 18.1 Å². The molecule has 3 amide bonds. The van der Waals surface area contributed by atoms with E-state index in [1.807, 2.05) is 0 Å². The van der Waals surface area contributed by atoms with Crippen molar-refractivity contribution in [3.8, 4) is 0 Å². The van der Waals surface area contributed by atoms with Crippen LogP contribution in [0.5, 0.6) is 0 Å². The Balaban J connectivity index is 1.42. The molecule has 6 aromatic rings. The summed E-state index contributed by atoms with van der Waals surface area (Å²) in [5.41, 5.74) is 1.93. The molecule has 10 nitrogen and oxygen atoms in total. The van der Waals surface area contributed by atoms with E-state index in [0.29, 0.717) is 33.4 Å². The van der Waals surface area contributed by atoms with Crippen molar-refractivity contribution in [3.05, 3.63) is 215 Å². The molecule has 0 saturated carbocycles. The summed E-state index contributed by atoms with van der Waals surface area (Å²) in [4.78, 5) is 85.8. The van der Waals surface area contributed by atoms with Crippen molar-refractivity contribution in [3.63, 3.8) is 0 Å². The zero-order valence-corrected chi connectivity index (χ0v) is 31.6. The molecule has 6 rings (SSSR count). The van der Waals surface area contributed by atoms with Gasteiger partial charge in [-0.05, 0) is 36.4 Å². The molecule has 0 aliphatic heterocycles. The molecular weight excluding hydrogens is 729 g/mol. The van der Waals surface area contributed by atoms with Gasteiger partial charge < -0.3 is 16.0 Å². The molecule has 0 aromatic heterocycles. The van der Waals surface area contributed by atoms with Crippen molar-refractivity contribution in [2.75, 3.05) is 19.6 Å². The summed E-state index contributed by atoms with van der Waals surface area (Å²) in [5.74, 6) is -2.81. The monoisotopic (exact) mass is 770 g/mol. The summed E-state index contributed by atoms with van der Waals surface area (Å²) in [5, 5.41) is 8.67. The number of nitrogens with one attached hydrogen (secondary N) is 3. The minimum atomic E-state index is -1.20. The van der Waals surface area contributed by atoms with Gasteiger partial charge in [-0.1, -0.05) is 146 Å². The molecule has 3 N–H and O–H groups in total. The molecule has 0 aliphatic rings. The van der Waals surface area contributed by atoms with Gasteiger partial charge in [-0.25, -0.2) is 0 Å². The van der Waals surface area contributed by atoms with E-state index in [0.717, 1.165) is 0 Å². The first kappa shape index (κ1) is 40.4. The highest BCUT2D eigenvalue weighted by Crippen LogP contribution is 2.14. The molecule has 10 heteroatoms. The molecule has 290 valence electrons. The second kappa shape index (κ2) is 20.0. The first-order chi connectivity index (χ1) is 28.3. The Morgan fingerprint density at radius 2 is 0.500 bits per heavy atom. The summed E-state index contributed by atoms with van der Waals surface area (Å²) in [7, 11) is 0. The van der Waals surface area contributed by atoms with E-state index in [9.17, 15) is 28.8 Å². The summed E-state index contributed by atoms with van der Waals surface area (Å²) in [6.07, 6.45) is 0. The zero-order chi connectivity index (χ0) is 40.7. The molecule has 0 heterocycles. The molecule has 6 aromatic carbocycles. The van der Waals surface area contributed by atoms with E-state index in [4.69, 9.17) is 0 Å². The van der Waals surface area contributed by atoms with E-state index in [-0.39, 0.29) is 19.6 Å². The van der Waals surface area contributed by atoms with Crippen LogP contribution >= 0.6 is 0 Å². The number of carbonyl (C=O) groups is 6. The van der Waals surface area contributed by atoms with Crippen LogP contribution in [0.25, 0.3) is 0 Å². The topological polar surface area (TPSA) is 142 Å². The van der Waals surface area contributed by atoms with Gasteiger partial charge in [0.05, 0.1) is 0 Å². The molecular formula is C48H42N4O6. The Labute approximate surface area is 336 Å². The first-order valence-corrected chi connectivity index (χ1v) is 18.8. The van der Waals surface area contributed by atoms with Crippen LogP contribution in [0.15, 0.2) is 182 Å². The van der Waals surface area contributed by atoms with E-state index in [2.05, 4.69) is 16.0 Å². The zero-order valence-electron chi connectivity index (χ0n) is 31.6. The lowest BCUT2D eigenvalue weighted by Gasteiger charge is -2.33. The number of hydrogen-bond acceptors (Lipinski definition) is 7. The van der Waals surface area contributed by atoms with Crippen molar-refractivity contribution in [1.29, 1.82) is 0 Å². The maximum atomic E-state index is 14.3. The quantitative estimate of drug-likeness (QED) is 0.0868. The Hall–Kier alpha value is -7.30. The predicted molar refractivity (Wildman–Crippen MR) is 222 cm³/mol. The van der Waals surface area contributed by atoms with Crippen molar-refractivity contribution in [2.45, 2.75) is 18.1 Å². The molecule has 0 radical (unpaired) electrons. The number of rotatable bonds is 18. The van der Waals surface area contributed by atoms with Gasteiger partial charge in [0, 0.05) is 53.0 Å². The summed E-state index contributed by atoms with van der Waals surface area (Å²) in [6, 6.07) is 47.1. The van der Waals surface area contributed by atoms with Crippen LogP contribution in [0.2, 0.25) is 0 Å². The van der Waals surface area contributed by atoms with Crippen molar-refractivity contribution >= 4 is 35.1 Å². The van der Waals surface area contributed by atoms with Gasteiger partial charge in [-0.15, -0.1) is 0 Å².